The number of nitrogens with two attached hydrogens (primary N) is 2. The first-order chi connectivity index (χ1) is 23.4. The van der Waals surface area contributed by atoms with Gasteiger partial charge in [-0.3, -0.25) is 24.7 Å². The Morgan fingerprint density at radius 1 is 1.18 bits per heavy atom. The number of thiazole rings is 1. The van der Waals surface area contributed by atoms with Crippen LogP contribution < -0.4 is 17.0 Å². The van der Waals surface area contributed by atoms with Gasteiger partial charge >= 0.3 is 18.0 Å². The molecule has 2 aromatic rings. The van der Waals surface area contributed by atoms with Crippen molar-refractivity contribution in [3.63, 3.8) is 0 Å². The number of hydrazine groups is 1. The number of halogens is 1. The molecule has 4 heterocycles. The smallest absolute Gasteiger partial charge is 0.350 e. The zero-order valence-electron chi connectivity index (χ0n) is 25.9. The first-order valence-electron chi connectivity index (χ1n) is 14.3. The third-order valence-corrected chi connectivity index (χ3v) is 10.8. The van der Waals surface area contributed by atoms with Crippen molar-refractivity contribution in [3.05, 3.63) is 33.8 Å². The van der Waals surface area contributed by atoms with Gasteiger partial charge in [0, 0.05) is 23.9 Å². The van der Waals surface area contributed by atoms with Gasteiger partial charge in [0.05, 0.1) is 29.4 Å². The highest BCUT2D eigenvalue weighted by Crippen LogP contribution is 2.53. The lowest BCUT2D eigenvalue weighted by atomic mass is 9.90. The van der Waals surface area contributed by atoms with E-state index in [9.17, 15) is 49.2 Å². The molecule has 50 heavy (non-hydrogen) atoms. The highest BCUT2D eigenvalue weighted by atomic mass is 35.5. The molecule has 4 amide bonds. The number of anilines is 1. The molecule has 1 aromatic heterocycles. The van der Waals surface area contributed by atoms with E-state index in [1.807, 2.05) is 0 Å². The number of aromatic nitrogens is 1. The summed E-state index contributed by atoms with van der Waals surface area (Å²) in [5, 5.41) is 47.5. The minimum absolute atomic E-state index is 0.0154. The average Bonchev–Trinajstić information content (AvgIpc) is 3.76. The first kappa shape index (κ1) is 35.9. The van der Waals surface area contributed by atoms with Gasteiger partial charge in [0.2, 0.25) is 16.4 Å². The minimum Gasteiger partial charge on any atom is -0.504 e. The topological polar surface area (TPSA) is 304 Å². The van der Waals surface area contributed by atoms with E-state index in [1.54, 1.807) is 0 Å². The van der Waals surface area contributed by atoms with Crippen LogP contribution in [0, 0.1) is 5.92 Å². The third-order valence-electron chi connectivity index (χ3n) is 7.98. The predicted octanol–water partition coefficient (Wildman–Crippen LogP) is -0.223. The molecular formula is C27H28ClN9O11S2. The maximum Gasteiger partial charge on any atom is 0.350 e. The Bertz CT molecular complexity index is 1890. The Hall–Kier alpha value is -5.35. The van der Waals surface area contributed by atoms with E-state index in [1.165, 1.54) is 24.1 Å². The number of amides is 4. The lowest BCUT2D eigenvalue weighted by Gasteiger charge is -2.40. The Balaban J connectivity index is 1.31. The van der Waals surface area contributed by atoms with Crippen LogP contribution in [0.5, 0.6) is 11.5 Å². The van der Waals surface area contributed by atoms with E-state index in [2.05, 4.69) is 20.7 Å². The third kappa shape index (κ3) is 6.15. The molecule has 3 aliphatic heterocycles. The number of benzene rings is 1. The molecule has 0 radical (unpaired) electrons. The molecule has 0 aliphatic carbocycles. The number of urea groups is 1. The SMILES string of the molecule is CC(C)(O/N=C(\C(=O)CC1C(=O)N2C[C@@](C(=O)O)(N3CCN(NC(=O)/C(=N\N)c4ccc(O)c(O)c4Cl)C3=O)S[C@H]12)c1csc(N)n1)C(=O)O. The molecule has 0 spiro atoms. The zero-order chi connectivity index (χ0) is 36.9. The van der Waals surface area contributed by atoms with E-state index in [0.717, 1.165) is 45.1 Å². The van der Waals surface area contributed by atoms with Crippen LogP contribution in [0.4, 0.5) is 9.93 Å². The van der Waals surface area contributed by atoms with Crippen LogP contribution in [0.15, 0.2) is 27.8 Å². The van der Waals surface area contributed by atoms with Crippen molar-refractivity contribution < 1.29 is 54.0 Å². The minimum atomic E-state index is -2.01. The fourth-order valence-electron chi connectivity index (χ4n) is 5.22. The summed E-state index contributed by atoms with van der Waals surface area (Å²) in [7, 11) is 0. The van der Waals surface area contributed by atoms with Crippen LogP contribution in [0.3, 0.4) is 0 Å². The van der Waals surface area contributed by atoms with E-state index in [-0.39, 0.29) is 29.5 Å². The number of nitrogens with zero attached hydrogens (tertiary/aromatic N) is 6. The molecule has 0 saturated carbocycles. The number of carboxylic acids is 2. The first-order valence-corrected chi connectivity index (χ1v) is 16.4. The molecule has 5 rings (SSSR count). The van der Waals surface area contributed by atoms with Crippen molar-refractivity contribution in [2.24, 2.45) is 22.0 Å². The average molecular weight is 754 g/mol. The van der Waals surface area contributed by atoms with Gasteiger partial charge in [0.15, 0.2) is 33.8 Å². The number of nitrogens with one attached hydrogen (secondary N) is 1. The lowest BCUT2D eigenvalue weighted by Crippen LogP contribution is -2.60. The van der Waals surface area contributed by atoms with Gasteiger partial charge in [-0.25, -0.2) is 24.4 Å². The number of rotatable bonds is 12. The molecule has 3 fully saturated rings. The van der Waals surface area contributed by atoms with Gasteiger partial charge in [-0.15, -0.1) is 11.3 Å². The molecule has 266 valence electrons. The number of aliphatic carboxylic acids is 2. The molecular weight excluding hydrogens is 726 g/mol. The molecule has 0 bridgehead atoms. The van der Waals surface area contributed by atoms with Crippen molar-refractivity contribution in [1.29, 1.82) is 0 Å². The summed E-state index contributed by atoms with van der Waals surface area (Å²) in [6.07, 6.45) is -0.484. The quantitative estimate of drug-likeness (QED) is 0.0484. The number of carbonyl (C=O) groups is 6. The van der Waals surface area contributed by atoms with Crippen molar-refractivity contribution >= 4 is 86.8 Å². The number of hydrogen-bond donors (Lipinski definition) is 7. The molecule has 20 nitrogen and oxygen atoms in total. The highest BCUT2D eigenvalue weighted by molar-refractivity contribution is 8.02. The summed E-state index contributed by atoms with van der Waals surface area (Å²) >= 11 is 7.77. The van der Waals surface area contributed by atoms with Crippen molar-refractivity contribution in [1.82, 2.24) is 25.2 Å². The molecule has 3 atom stereocenters. The summed E-state index contributed by atoms with van der Waals surface area (Å²) in [6, 6.07) is 1.25. The number of carboxylic acid groups (broad SMARTS) is 2. The predicted molar refractivity (Wildman–Crippen MR) is 175 cm³/mol. The lowest BCUT2D eigenvalue weighted by molar-refractivity contribution is -0.161. The van der Waals surface area contributed by atoms with Crippen LogP contribution in [0.2, 0.25) is 5.02 Å². The Morgan fingerprint density at radius 3 is 2.48 bits per heavy atom. The summed E-state index contributed by atoms with van der Waals surface area (Å²) in [5.41, 5.74) is 5.04. The normalized spacial score (nSPS) is 22.3. The van der Waals surface area contributed by atoms with Gasteiger partial charge < -0.3 is 41.7 Å². The second kappa shape index (κ2) is 13.2. The zero-order valence-corrected chi connectivity index (χ0v) is 28.3. The number of thioether (sulfide) groups is 1. The van der Waals surface area contributed by atoms with Crippen LogP contribution in [0.25, 0.3) is 0 Å². The standard InChI is InChI=1S/C27H28ClN9O11S2/c1-26(2,22(43)44)48-34-17(12-8-49-24(29)31-12)14(39)7-11-20(42)35-9-27(23(45)46,50-21(11)35)36-5-6-37(25(36)47)33-19(41)16(32-30)10-3-4-13(38)18(40)15(10)28/h3-4,8,11,21,38,40H,5-7,9,30H2,1-2H3,(H2,29,31)(H,33,41)(H,43,44)(H,45,46)/b32-16-,34-17-/t11?,21-,27-/m1/s1. The molecule has 3 aliphatic rings. The Kier molecular flexibility index (Phi) is 9.47. The number of Topliss-reactive ketones (excluding diaryl/α,β-unsaturated/α-hetero) is 1. The molecule has 1 unspecified atom stereocenters. The Morgan fingerprint density at radius 2 is 1.88 bits per heavy atom. The van der Waals surface area contributed by atoms with Crippen LogP contribution >= 0.6 is 34.7 Å². The van der Waals surface area contributed by atoms with Gasteiger partial charge in [-0.05, 0) is 26.0 Å². The van der Waals surface area contributed by atoms with Crippen LogP contribution in [0.1, 0.15) is 31.5 Å². The van der Waals surface area contributed by atoms with E-state index in [0.29, 0.717) is 0 Å². The van der Waals surface area contributed by atoms with E-state index in [4.69, 9.17) is 28.0 Å². The molecule has 23 heteroatoms. The molecule has 1 aromatic carbocycles. The van der Waals surface area contributed by atoms with Gasteiger partial charge in [-0.1, -0.05) is 28.5 Å². The van der Waals surface area contributed by atoms with Crippen molar-refractivity contribution in [2.75, 3.05) is 25.4 Å². The van der Waals surface area contributed by atoms with E-state index >= 15 is 0 Å². The maximum atomic E-state index is 13.5. The number of oxime groups is 1. The highest BCUT2D eigenvalue weighted by Gasteiger charge is 2.66. The fraction of sp³-hybridized carbons (Fsp3) is 0.370. The van der Waals surface area contributed by atoms with Gasteiger partial charge in [0.1, 0.15) is 5.69 Å². The largest absolute Gasteiger partial charge is 0.504 e. The number of aromatic hydroxyl groups is 2. The van der Waals surface area contributed by atoms with E-state index < -0.39 is 98.2 Å². The number of hydrogen-bond acceptors (Lipinski definition) is 16. The second-order valence-corrected chi connectivity index (χ2v) is 14.2. The number of ketones is 1. The summed E-state index contributed by atoms with van der Waals surface area (Å²) in [6.45, 7) is 1.57. The van der Waals surface area contributed by atoms with Crippen molar-refractivity contribution in [2.45, 2.75) is 36.1 Å². The number of carbonyl (C=O) groups excluding carboxylic acids is 4. The molecule has 3 saturated heterocycles. The second-order valence-electron chi connectivity index (χ2n) is 11.5. The number of phenols is 2. The number of fused-ring (bicyclic) bond motifs is 1. The number of hydrazone groups is 1. The number of nitrogen functional groups attached to an aromatic ring is 1. The summed E-state index contributed by atoms with van der Waals surface area (Å²) in [5.74, 6) is -2.19. The van der Waals surface area contributed by atoms with Gasteiger partial charge in [0.25, 0.3) is 5.91 Å². The van der Waals surface area contributed by atoms with Crippen molar-refractivity contribution in [3.8, 4) is 11.5 Å². The number of phenolic OH excluding ortho intramolecular Hbond substituents is 2. The number of β-lactam (4-membered cyclic amide) rings is 1. The van der Waals surface area contributed by atoms with Crippen LogP contribution in [-0.4, -0.2) is 123 Å². The summed E-state index contributed by atoms with van der Waals surface area (Å²) in [4.78, 5) is 86.9. The van der Waals surface area contributed by atoms with Crippen LogP contribution in [-0.2, 0) is 28.8 Å². The maximum absolute atomic E-state index is 13.5. The van der Waals surface area contributed by atoms with Gasteiger partial charge in [-0.2, -0.15) is 5.10 Å². The monoisotopic (exact) mass is 753 g/mol. The fourth-order valence-corrected chi connectivity index (χ4v) is 7.71. The molecule has 9 N–H and O–H groups in total. The Labute approximate surface area is 294 Å². The summed E-state index contributed by atoms with van der Waals surface area (Å²) < 4.78 is 0.